The quantitative estimate of drug-likeness (QED) is 0.683. The van der Waals surface area contributed by atoms with Crippen molar-refractivity contribution in [3.05, 3.63) is 23.1 Å². The van der Waals surface area contributed by atoms with Crippen molar-refractivity contribution in [3.8, 4) is 0 Å². The molecule has 0 saturated heterocycles. The molecule has 0 spiro atoms. The van der Waals surface area contributed by atoms with Gasteiger partial charge in [-0.1, -0.05) is 0 Å². The third-order valence-corrected chi connectivity index (χ3v) is 2.72. The molecule has 1 amide bonds. The van der Waals surface area contributed by atoms with E-state index in [4.69, 9.17) is 4.74 Å². The van der Waals surface area contributed by atoms with Gasteiger partial charge in [-0.25, -0.2) is 9.59 Å². The minimum atomic E-state index is -0.533. The van der Waals surface area contributed by atoms with Gasteiger partial charge in [0.15, 0.2) is 0 Å². The summed E-state index contributed by atoms with van der Waals surface area (Å²) in [6, 6.07) is 1.74. The van der Waals surface area contributed by atoms with Gasteiger partial charge in [0.05, 0.1) is 12.1 Å². The molecule has 0 fully saturated rings. The fourth-order valence-electron chi connectivity index (χ4n) is 1.14. The standard InChI is InChI=1S/C13H17NO4S/c1-13(2,3)18-12(16)14-10-7-9(8-19-10)5-6-11(15)17-4/h5-8H,1-4H3,(H,14,16). The van der Waals surface area contributed by atoms with E-state index >= 15 is 0 Å². The van der Waals surface area contributed by atoms with E-state index in [2.05, 4.69) is 10.1 Å². The normalized spacial score (nSPS) is 11.4. The molecule has 104 valence electrons. The molecular weight excluding hydrogens is 266 g/mol. The van der Waals surface area contributed by atoms with Crippen molar-refractivity contribution in [2.24, 2.45) is 0 Å². The number of anilines is 1. The second kappa shape index (κ2) is 6.38. The van der Waals surface area contributed by atoms with Crippen LogP contribution in [0.4, 0.5) is 9.80 Å². The molecule has 1 rings (SSSR count). The number of rotatable bonds is 3. The van der Waals surface area contributed by atoms with Crippen LogP contribution in [0.5, 0.6) is 0 Å². The Hall–Kier alpha value is -1.82. The van der Waals surface area contributed by atoms with Gasteiger partial charge in [0.25, 0.3) is 0 Å². The molecule has 1 aromatic rings. The Morgan fingerprint density at radius 3 is 2.63 bits per heavy atom. The van der Waals surface area contributed by atoms with Gasteiger partial charge in [-0.05, 0) is 38.5 Å². The van der Waals surface area contributed by atoms with Crippen molar-refractivity contribution in [2.75, 3.05) is 12.4 Å². The molecule has 5 nitrogen and oxygen atoms in total. The summed E-state index contributed by atoms with van der Waals surface area (Å²) in [5.41, 5.74) is 0.274. The maximum atomic E-state index is 11.5. The van der Waals surface area contributed by atoms with E-state index in [0.29, 0.717) is 5.00 Å². The molecule has 0 radical (unpaired) electrons. The Morgan fingerprint density at radius 1 is 1.37 bits per heavy atom. The number of nitrogens with one attached hydrogen (secondary N) is 1. The SMILES string of the molecule is COC(=O)C=Cc1csc(NC(=O)OC(C)(C)C)c1. The molecule has 1 N–H and O–H groups in total. The Morgan fingerprint density at radius 2 is 2.05 bits per heavy atom. The summed E-state index contributed by atoms with van der Waals surface area (Å²) in [7, 11) is 1.32. The van der Waals surface area contributed by atoms with Crippen LogP contribution in [-0.2, 0) is 14.3 Å². The Kier molecular flexibility index (Phi) is 5.11. The van der Waals surface area contributed by atoms with Crippen LogP contribution in [0.15, 0.2) is 17.5 Å². The van der Waals surface area contributed by atoms with Gasteiger partial charge in [0.1, 0.15) is 5.60 Å². The highest BCUT2D eigenvalue weighted by Crippen LogP contribution is 2.22. The summed E-state index contributed by atoms with van der Waals surface area (Å²) in [6.07, 6.45) is 2.43. The highest BCUT2D eigenvalue weighted by atomic mass is 32.1. The van der Waals surface area contributed by atoms with E-state index in [-0.39, 0.29) is 0 Å². The molecule has 0 aliphatic carbocycles. The van der Waals surface area contributed by atoms with Gasteiger partial charge in [-0.3, -0.25) is 5.32 Å². The number of methoxy groups -OCH3 is 1. The Bertz CT molecular complexity index is 485. The second-order valence-corrected chi connectivity index (χ2v) is 5.64. The zero-order valence-electron chi connectivity index (χ0n) is 11.4. The molecule has 1 heterocycles. The van der Waals surface area contributed by atoms with Crippen LogP contribution in [0.1, 0.15) is 26.3 Å². The minimum Gasteiger partial charge on any atom is -0.466 e. The number of carbonyl (C=O) groups excluding carboxylic acids is 2. The van der Waals surface area contributed by atoms with Crippen LogP contribution in [0, 0.1) is 0 Å². The predicted molar refractivity (Wildman–Crippen MR) is 75.2 cm³/mol. The van der Waals surface area contributed by atoms with Crippen LogP contribution in [0.25, 0.3) is 6.08 Å². The summed E-state index contributed by atoms with van der Waals surface area (Å²) in [5, 5.41) is 5.09. The lowest BCUT2D eigenvalue weighted by Gasteiger charge is -2.19. The largest absolute Gasteiger partial charge is 0.466 e. The maximum absolute atomic E-state index is 11.5. The van der Waals surface area contributed by atoms with Crippen molar-refractivity contribution < 1.29 is 19.1 Å². The van der Waals surface area contributed by atoms with Crippen LogP contribution in [0.2, 0.25) is 0 Å². The number of ether oxygens (including phenoxy) is 2. The van der Waals surface area contributed by atoms with E-state index in [1.54, 1.807) is 32.9 Å². The van der Waals surface area contributed by atoms with Crippen LogP contribution in [0.3, 0.4) is 0 Å². The smallest absolute Gasteiger partial charge is 0.412 e. The van der Waals surface area contributed by atoms with Crippen LogP contribution < -0.4 is 5.32 Å². The van der Waals surface area contributed by atoms with E-state index < -0.39 is 17.7 Å². The van der Waals surface area contributed by atoms with Gasteiger partial charge in [-0.15, -0.1) is 11.3 Å². The van der Waals surface area contributed by atoms with Crippen LogP contribution >= 0.6 is 11.3 Å². The third-order valence-electron chi connectivity index (χ3n) is 1.86. The van der Waals surface area contributed by atoms with Gasteiger partial charge in [0.2, 0.25) is 0 Å². The second-order valence-electron chi connectivity index (χ2n) is 4.73. The van der Waals surface area contributed by atoms with Gasteiger partial charge in [-0.2, -0.15) is 0 Å². The number of amides is 1. The molecule has 0 aliphatic heterocycles. The molecule has 0 aliphatic rings. The van der Waals surface area contributed by atoms with E-state index in [1.807, 2.05) is 5.38 Å². The lowest BCUT2D eigenvalue weighted by Crippen LogP contribution is -2.26. The fraction of sp³-hybridized carbons (Fsp3) is 0.385. The molecule has 6 heteroatoms. The lowest BCUT2D eigenvalue weighted by atomic mass is 10.2. The average Bonchev–Trinajstić information content (AvgIpc) is 2.70. The fourth-order valence-corrected chi connectivity index (χ4v) is 1.90. The number of hydrogen-bond acceptors (Lipinski definition) is 5. The van der Waals surface area contributed by atoms with E-state index in [0.717, 1.165) is 5.56 Å². The van der Waals surface area contributed by atoms with Crippen molar-refractivity contribution >= 4 is 34.5 Å². The zero-order chi connectivity index (χ0) is 14.5. The number of carbonyl (C=O) groups is 2. The third kappa shape index (κ3) is 6.05. The van der Waals surface area contributed by atoms with E-state index in [1.165, 1.54) is 24.5 Å². The topological polar surface area (TPSA) is 64.6 Å². The summed E-state index contributed by atoms with van der Waals surface area (Å²) in [5.74, 6) is -0.423. The lowest BCUT2D eigenvalue weighted by molar-refractivity contribution is -0.134. The highest BCUT2D eigenvalue weighted by molar-refractivity contribution is 7.14. The molecule has 19 heavy (non-hydrogen) atoms. The molecule has 0 unspecified atom stereocenters. The van der Waals surface area contributed by atoms with Crippen molar-refractivity contribution in [2.45, 2.75) is 26.4 Å². The monoisotopic (exact) mass is 283 g/mol. The number of hydrogen-bond donors (Lipinski definition) is 1. The molecule has 0 saturated carbocycles. The average molecular weight is 283 g/mol. The van der Waals surface area contributed by atoms with Gasteiger partial charge >= 0.3 is 12.1 Å². The van der Waals surface area contributed by atoms with Crippen LogP contribution in [-0.4, -0.2) is 24.8 Å². The molecule has 0 atom stereocenters. The highest BCUT2D eigenvalue weighted by Gasteiger charge is 2.16. The first kappa shape index (κ1) is 15.2. The first-order valence-electron chi connectivity index (χ1n) is 5.65. The van der Waals surface area contributed by atoms with E-state index in [9.17, 15) is 9.59 Å². The molecular formula is C13H17NO4S. The Balaban J connectivity index is 2.58. The first-order valence-corrected chi connectivity index (χ1v) is 6.53. The summed E-state index contributed by atoms with van der Waals surface area (Å²) < 4.78 is 9.62. The predicted octanol–water partition coefficient (Wildman–Crippen LogP) is 3.28. The summed E-state index contributed by atoms with van der Waals surface area (Å²) >= 11 is 1.35. The number of esters is 1. The van der Waals surface area contributed by atoms with Gasteiger partial charge < -0.3 is 9.47 Å². The van der Waals surface area contributed by atoms with Crippen molar-refractivity contribution in [1.29, 1.82) is 0 Å². The zero-order valence-corrected chi connectivity index (χ0v) is 12.2. The molecule has 0 aromatic carbocycles. The van der Waals surface area contributed by atoms with Crippen molar-refractivity contribution in [1.82, 2.24) is 0 Å². The molecule has 1 aromatic heterocycles. The first-order chi connectivity index (χ1) is 8.80. The maximum Gasteiger partial charge on any atom is 0.412 e. The minimum absolute atomic E-state index is 0.423. The summed E-state index contributed by atoms with van der Waals surface area (Å²) in [4.78, 5) is 22.5. The summed E-state index contributed by atoms with van der Waals surface area (Å²) in [6.45, 7) is 5.39. The van der Waals surface area contributed by atoms with Crippen molar-refractivity contribution in [3.63, 3.8) is 0 Å². The van der Waals surface area contributed by atoms with Gasteiger partial charge in [0, 0.05) is 11.5 Å². The Labute approximate surface area is 116 Å². The number of thiophene rings is 1. The molecule has 0 bridgehead atoms.